The van der Waals surface area contributed by atoms with Crippen LogP contribution in [-0.4, -0.2) is 5.91 Å². The van der Waals surface area contributed by atoms with Gasteiger partial charge in [-0.05, 0) is 51.4 Å². The molecule has 0 saturated carbocycles. The average molecular weight is 489 g/mol. The highest BCUT2D eigenvalue weighted by Gasteiger charge is 2.38. The van der Waals surface area contributed by atoms with Crippen LogP contribution in [0, 0.1) is 3.57 Å². The molecule has 0 radical (unpaired) electrons. The molecule has 1 N–H and O–H groups in total. The van der Waals surface area contributed by atoms with Crippen LogP contribution in [0.2, 0.25) is 0 Å². The topological polar surface area (TPSA) is 29.1 Å². The number of amides is 1. The van der Waals surface area contributed by atoms with Gasteiger partial charge in [0, 0.05) is 3.57 Å². The van der Waals surface area contributed by atoms with Gasteiger partial charge in [0.25, 0.3) is 5.91 Å². The minimum absolute atomic E-state index is 0.105. The summed E-state index contributed by atoms with van der Waals surface area (Å²) in [5.41, 5.74) is 2.89. The second-order valence-corrected chi connectivity index (χ2v) is 7.94. The molecule has 0 bridgehead atoms. The van der Waals surface area contributed by atoms with Crippen LogP contribution >= 0.6 is 22.6 Å². The predicted molar refractivity (Wildman–Crippen MR) is 126 cm³/mol. The normalized spacial score (nSPS) is 11.1. The standard InChI is InChI=1S/C26H20INO/c27-24-19-11-10-18-23(24)25(29)28-26(20-12-4-1-5-13-20,21-14-6-2-7-15-21)22-16-8-3-9-17-22/h1-19H,(H,28,29). The lowest BCUT2D eigenvalue weighted by molar-refractivity contribution is 0.0924. The zero-order valence-corrected chi connectivity index (χ0v) is 17.9. The van der Waals surface area contributed by atoms with Gasteiger partial charge in [0.05, 0.1) is 5.56 Å². The van der Waals surface area contributed by atoms with Gasteiger partial charge in [0.2, 0.25) is 0 Å². The Morgan fingerprint density at radius 2 is 0.966 bits per heavy atom. The molecule has 0 heterocycles. The van der Waals surface area contributed by atoms with Crippen LogP contribution in [0.5, 0.6) is 0 Å². The number of hydrogen-bond acceptors (Lipinski definition) is 1. The smallest absolute Gasteiger partial charge is 0.253 e. The first kappa shape index (κ1) is 19.4. The summed E-state index contributed by atoms with van der Waals surface area (Å²) in [7, 11) is 0. The molecule has 0 fully saturated rings. The molecule has 0 aliphatic carbocycles. The lowest BCUT2D eigenvalue weighted by Gasteiger charge is -2.37. The van der Waals surface area contributed by atoms with E-state index >= 15 is 0 Å². The molecule has 3 heteroatoms. The molecule has 2 nitrogen and oxygen atoms in total. The molecule has 0 aromatic heterocycles. The Kier molecular flexibility index (Phi) is 5.76. The Balaban J connectivity index is 1.95. The molecular weight excluding hydrogens is 469 g/mol. The molecule has 142 valence electrons. The van der Waals surface area contributed by atoms with E-state index in [9.17, 15) is 4.79 Å². The van der Waals surface area contributed by atoms with Crippen LogP contribution in [-0.2, 0) is 5.54 Å². The van der Waals surface area contributed by atoms with E-state index in [1.807, 2.05) is 78.9 Å². The van der Waals surface area contributed by atoms with E-state index in [4.69, 9.17) is 0 Å². The van der Waals surface area contributed by atoms with E-state index in [1.165, 1.54) is 0 Å². The SMILES string of the molecule is O=C(NC(c1ccccc1)(c1ccccc1)c1ccccc1)c1ccccc1I. The number of nitrogens with one attached hydrogen (secondary N) is 1. The molecule has 0 saturated heterocycles. The molecule has 1 amide bonds. The molecule has 4 aromatic rings. The van der Waals surface area contributed by atoms with Crippen molar-refractivity contribution in [1.29, 1.82) is 0 Å². The fraction of sp³-hybridized carbons (Fsp3) is 0.0385. The van der Waals surface area contributed by atoms with Gasteiger partial charge >= 0.3 is 0 Å². The monoisotopic (exact) mass is 489 g/mol. The van der Waals surface area contributed by atoms with Gasteiger partial charge < -0.3 is 5.32 Å². The van der Waals surface area contributed by atoms with Gasteiger partial charge in [-0.15, -0.1) is 0 Å². The largest absolute Gasteiger partial charge is 0.334 e. The molecule has 4 rings (SSSR count). The van der Waals surface area contributed by atoms with Gasteiger partial charge in [-0.1, -0.05) is 103 Å². The summed E-state index contributed by atoms with van der Waals surface area (Å²) in [5.74, 6) is -0.105. The Labute approximate surface area is 184 Å². The highest BCUT2D eigenvalue weighted by Crippen LogP contribution is 2.37. The molecule has 0 aliphatic rings. The van der Waals surface area contributed by atoms with Crippen LogP contribution in [0.25, 0.3) is 0 Å². The fourth-order valence-electron chi connectivity index (χ4n) is 3.66. The van der Waals surface area contributed by atoms with Crippen molar-refractivity contribution in [3.63, 3.8) is 0 Å². The van der Waals surface area contributed by atoms with Crippen molar-refractivity contribution in [2.75, 3.05) is 0 Å². The van der Waals surface area contributed by atoms with Gasteiger partial charge in [-0.25, -0.2) is 0 Å². The highest BCUT2D eigenvalue weighted by atomic mass is 127. The van der Waals surface area contributed by atoms with Crippen molar-refractivity contribution in [2.45, 2.75) is 5.54 Å². The van der Waals surface area contributed by atoms with Crippen LogP contribution in [0.15, 0.2) is 115 Å². The summed E-state index contributed by atoms with van der Waals surface area (Å²) in [5, 5.41) is 3.39. The van der Waals surface area contributed by atoms with Gasteiger partial charge in [0.1, 0.15) is 5.54 Å². The maximum absolute atomic E-state index is 13.5. The molecule has 0 unspecified atom stereocenters. The molecular formula is C26H20INO. The van der Waals surface area contributed by atoms with E-state index in [2.05, 4.69) is 64.3 Å². The van der Waals surface area contributed by atoms with Crippen LogP contribution in [0.3, 0.4) is 0 Å². The van der Waals surface area contributed by atoms with E-state index in [-0.39, 0.29) is 5.91 Å². The third-order valence-electron chi connectivity index (χ3n) is 5.04. The van der Waals surface area contributed by atoms with Crippen molar-refractivity contribution >= 4 is 28.5 Å². The summed E-state index contributed by atoms with van der Waals surface area (Å²) in [6.45, 7) is 0. The quantitative estimate of drug-likeness (QED) is 0.270. The molecule has 0 atom stereocenters. The van der Waals surface area contributed by atoms with Crippen molar-refractivity contribution in [1.82, 2.24) is 5.32 Å². The van der Waals surface area contributed by atoms with E-state index in [0.29, 0.717) is 5.56 Å². The second kappa shape index (κ2) is 8.62. The number of hydrogen-bond donors (Lipinski definition) is 1. The van der Waals surface area contributed by atoms with E-state index in [1.54, 1.807) is 0 Å². The minimum Gasteiger partial charge on any atom is -0.334 e. The van der Waals surface area contributed by atoms with E-state index in [0.717, 1.165) is 20.3 Å². The Hall–Kier alpha value is -2.92. The van der Waals surface area contributed by atoms with Crippen molar-refractivity contribution in [3.05, 3.63) is 141 Å². The summed E-state index contributed by atoms with van der Waals surface area (Å²) in [6, 6.07) is 38.1. The first-order chi connectivity index (χ1) is 14.2. The Bertz CT molecular complexity index is 998. The summed E-state index contributed by atoms with van der Waals surface area (Å²) < 4.78 is 0.922. The van der Waals surface area contributed by atoms with E-state index < -0.39 is 5.54 Å². The van der Waals surface area contributed by atoms with Crippen LogP contribution in [0.1, 0.15) is 27.0 Å². The Morgan fingerprint density at radius 3 is 1.38 bits per heavy atom. The molecule has 4 aromatic carbocycles. The second-order valence-electron chi connectivity index (χ2n) is 6.78. The highest BCUT2D eigenvalue weighted by molar-refractivity contribution is 14.1. The van der Waals surface area contributed by atoms with Gasteiger partial charge in [-0.2, -0.15) is 0 Å². The third-order valence-corrected chi connectivity index (χ3v) is 5.98. The number of benzene rings is 4. The Morgan fingerprint density at radius 1 is 0.586 bits per heavy atom. The lowest BCUT2D eigenvalue weighted by atomic mass is 9.77. The molecule has 29 heavy (non-hydrogen) atoms. The fourth-order valence-corrected chi connectivity index (χ4v) is 4.30. The first-order valence-corrected chi connectivity index (χ1v) is 10.5. The molecule has 0 aliphatic heterocycles. The minimum atomic E-state index is -0.806. The summed E-state index contributed by atoms with van der Waals surface area (Å²) in [4.78, 5) is 13.5. The number of halogens is 1. The van der Waals surface area contributed by atoms with Crippen molar-refractivity contribution in [2.24, 2.45) is 0 Å². The van der Waals surface area contributed by atoms with Crippen LogP contribution < -0.4 is 5.32 Å². The zero-order valence-electron chi connectivity index (χ0n) is 15.8. The van der Waals surface area contributed by atoms with Crippen molar-refractivity contribution in [3.8, 4) is 0 Å². The number of carbonyl (C=O) groups excluding carboxylic acids is 1. The third kappa shape index (κ3) is 3.83. The average Bonchev–Trinajstić information content (AvgIpc) is 2.79. The predicted octanol–water partition coefficient (Wildman–Crippen LogP) is 6.01. The number of rotatable bonds is 5. The maximum Gasteiger partial charge on any atom is 0.253 e. The lowest BCUT2D eigenvalue weighted by Crippen LogP contribution is -2.48. The maximum atomic E-state index is 13.5. The zero-order chi connectivity index (χ0) is 20.1. The van der Waals surface area contributed by atoms with Crippen LogP contribution in [0.4, 0.5) is 0 Å². The van der Waals surface area contributed by atoms with Gasteiger partial charge in [-0.3, -0.25) is 4.79 Å². The summed E-state index contributed by atoms with van der Waals surface area (Å²) >= 11 is 2.21. The van der Waals surface area contributed by atoms with Crippen molar-refractivity contribution < 1.29 is 4.79 Å². The summed E-state index contributed by atoms with van der Waals surface area (Å²) in [6.07, 6.45) is 0. The molecule has 0 spiro atoms. The first-order valence-electron chi connectivity index (χ1n) is 9.45. The van der Waals surface area contributed by atoms with Gasteiger partial charge in [0.15, 0.2) is 0 Å². The number of carbonyl (C=O) groups is 1.